The van der Waals surface area contributed by atoms with Crippen molar-refractivity contribution in [3.63, 3.8) is 0 Å². The summed E-state index contributed by atoms with van der Waals surface area (Å²) in [5.74, 6) is 0.449. The minimum absolute atomic E-state index is 0.134. The highest BCUT2D eigenvalue weighted by Crippen LogP contribution is 2.54. The number of amides is 1. The molecule has 0 saturated carbocycles. The Morgan fingerprint density at radius 3 is 2.28 bits per heavy atom. The third-order valence-corrected chi connectivity index (χ3v) is 7.47. The molecule has 2 aromatic carbocycles. The number of aryl methyl sites for hydroxylation is 1. The highest BCUT2D eigenvalue weighted by atomic mass is 16.1. The van der Waals surface area contributed by atoms with Crippen molar-refractivity contribution < 1.29 is 4.79 Å². The zero-order valence-electron chi connectivity index (χ0n) is 19.9. The number of tetrazole rings is 1. The second kappa shape index (κ2) is 7.69. The van der Waals surface area contributed by atoms with Crippen LogP contribution >= 0.6 is 0 Å². The molecule has 0 saturated heterocycles. The second-order valence-electron chi connectivity index (χ2n) is 10.0. The number of aromatic amines is 1. The largest absolute Gasteiger partial charge is 0.288 e. The molecule has 3 aromatic rings. The van der Waals surface area contributed by atoms with Gasteiger partial charge in [0.1, 0.15) is 0 Å². The van der Waals surface area contributed by atoms with Gasteiger partial charge < -0.3 is 0 Å². The number of carbonyl (C=O) groups is 1. The predicted octanol–water partition coefficient (Wildman–Crippen LogP) is 5.53. The van der Waals surface area contributed by atoms with E-state index >= 15 is 0 Å². The summed E-state index contributed by atoms with van der Waals surface area (Å²) in [6.45, 7) is 16.2. The van der Waals surface area contributed by atoms with Crippen molar-refractivity contribution in [1.82, 2.24) is 20.6 Å². The van der Waals surface area contributed by atoms with Crippen molar-refractivity contribution in [3.8, 4) is 0 Å². The van der Waals surface area contributed by atoms with E-state index in [1.807, 2.05) is 12.1 Å². The fourth-order valence-electron chi connectivity index (χ4n) is 5.01. The van der Waals surface area contributed by atoms with E-state index in [9.17, 15) is 4.79 Å². The van der Waals surface area contributed by atoms with Crippen LogP contribution in [0.15, 0.2) is 36.4 Å². The highest BCUT2D eigenvalue weighted by Gasteiger charge is 2.48. The summed E-state index contributed by atoms with van der Waals surface area (Å²) in [4.78, 5) is 12.3. The number of H-pyrrole nitrogens is 1. The van der Waals surface area contributed by atoms with Crippen molar-refractivity contribution in [2.45, 2.75) is 59.3 Å². The molecule has 0 bridgehead atoms. The van der Waals surface area contributed by atoms with E-state index in [1.54, 1.807) is 12.1 Å². The van der Waals surface area contributed by atoms with Crippen LogP contribution in [-0.4, -0.2) is 26.5 Å². The minimum atomic E-state index is -0.271. The van der Waals surface area contributed by atoms with E-state index in [0.717, 1.165) is 5.56 Å². The Hall–Kier alpha value is -3.28. The maximum atomic E-state index is 12.3. The van der Waals surface area contributed by atoms with Crippen LogP contribution in [0.2, 0.25) is 0 Å². The molecule has 32 heavy (non-hydrogen) atoms. The van der Waals surface area contributed by atoms with Crippen molar-refractivity contribution >= 4 is 23.5 Å². The number of anilines is 1. The lowest BCUT2D eigenvalue weighted by molar-refractivity contribution is 0.102. The molecule has 1 atom stereocenters. The van der Waals surface area contributed by atoms with Gasteiger partial charge in [-0.1, -0.05) is 70.1 Å². The lowest BCUT2D eigenvalue weighted by atomic mass is 9.71. The monoisotopic (exact) mass is 429 g/mol. The Morgan fingerprint density at radius 2 is 1.69 bits per heavy atom. The Kier molecular flexibility index (Phi) is 5.27. The van der Waals surface area contributed by atoms with E-state index in [0.29, 0.717) is 11.5 Å². The molecule has 6 nitrogen and oxygen atoms in total. The summed E-state index contributed by atoms with van der Waals surface area (Å²) in [5, 5.41) is 15.8. The molecule has 0 aliphatic heterocycles. The number of rotatable bonds is 4. The van der Waals surface area contributed by atoms with Crippen LogP contribution in [0, 0.1) is 12.8 Å². The molecule has 6 heteroatoms. The quantitative estimate of drug-likeness (QED) is 0.535. The van der Waals surface area contributed by atoms with Crippen molar-refractivity contribution in [2.75, 3.05) is 5.32 Å². The third kappa shape index (κ3) is 3.64. The fraction of sp³-hybridized carbons (Fsp3) is 0.385. The van der Waals surface area contributed by atoms with Gasteiger partial charge >= 0.3 is 0 Å². The van der Waals surface area contributed by atoms with Gasteiger partial charge in [-0.05, 0) is 81.3 Å². The molecule has 1 aliphatic carbocycles. The Labute approximate surface area is 189 Å². The van der Waals surface area contributed by atoms with Crippen LogP contribution < -0.4 is 5.32 Å². The second-order valence-corrected chi connectivity index (χ2v) is 10.0. The number of nitrogens with one attached hydrogen (secondary N) is 2. The van der Waals surface area contributed by atoms with E-state index in [-0.39, 0.29) is 22.7 Å². The van der Waals surface area contributed by atoms with E-state index in [2.05, 4.69) is 92.6 Å². The first-order chi connectivity index (χ1) is 15.0. The number of allylic oxidation sites excluding steroid dienone is 1. The average Bonchev–Trinajstić information content (AvgIpc) is 3.29. The van der Waals surface area contributed by atoms with Crippen LogP contribution in [0.5, 0.6) is 0 Å². The van der Waals surface area contributed by atoms with Crippen LogP contribution in [0.25, 0.3) is 11.6 Å². The smallest absolute Gasteiger partial charge is 0.270 e. The van der Waals surface area contributed by atoms with Gasteiger partial charge in [-0.3, -0.25) is 10.1 Å². The minimum Gasteiger partial charge on any atom is -0.288 e. The zero-order valence-corrected chi connectivity index (χ0v) is 19.9. The summed E-state index contributed by atoms with van der Waals surface area (Å²) >= 11 is 0. The molecular formula is C26H31N5O. The van der Waals surface area contributed by atoms with E-state index in [1.165, 1.54) is 27.8 Å². The molecule has 1 aliphatic rings. The molecule has 166 valence electrons. The number of benzene rings is 2. The van der Waals surface area contributed by atoms with Gasteiger partial charge in [-0.25, -0.2) is 0 Å². The maximum absolute atomic E-state index is 12.3. The summed E-state index contributed by atoms with van der Waals surface area (Å²) < 4.78 is 0. The van der Waals surface area contributed by atoms with Crippen molar-refractivity contribution in [3.05, 3.63) is 69.8 Å². The van der Waals surface area contributed by atoms with Crippen LogP contribution in [-0.2, 0) is 10.8 Å². The molecule has 0 radical (unpaired) electrons. The number of nitrogens with zero attached hydrogens (tertiary/aromatic N) is 3. The van der Waals surface area contributed by atoms with E-state index < -0.39 is 0 Å². The molecule has 1 heterocycles. The predicted molar refractivity (Wildman–Crippen MR) is 129 cm³/mol. The van der Waals surface area contributed by atoms with Crippen LogP contribution in [0.1, 0.15) is 79.7 Å². The van der Waals surface area contributed by atoms with Gasteiger partial charge in [0.15, 0.2) is 0 Å². The topological polar surface area (TPSA) is 83.6 Å². The summed E-state index contributed by atoms with van der Waals surface area (Å²) in [5.41, 5.74) is 8.60. The summed E-state index contributed by atoms with van der Waals surface area (Å²) in [6.07, 6.45) is 2.17. The van der Waals surface area contributed by atoms with Gasteiger partial charge in [-0.15, -0.1) is 5.10 Å². The zero-order chi connectivity index (χ0) is 23.3. The van der Waals surface area contributed by atoms with Gasteiger partial charge in [0, 0.05) is 5.56 Å². The van der Waals surface area contributed by atoms with Gasteiger partial charge in [0.05, 0.1) is 0 Å². The lowest BCUT2D eigenvalue weighted by Crippen LogP contribution is -2.30. The first-order valence-corrected chi connectivity index (χ1v) is 11.0. The van der Waals surface area contributed by atoms with Gasteiger partial charge in [0.2, 0.25) is 0 Å². The first kappa shape index (κ1) is 21.9. The SMILES string of the molecule is CC(=Cc1ccc(C(=O)Nc2nn[nH]n2)cc1)c1cc2c(cc1C)C(C)(C)C(C)C2(C)C. The molecule has 2 N–H and O–H groups in total. The number of carbonyl (C=O) groups excluding carboxylic acids is 1. The molecule has 0 spiro atoms. The van der Waals surface area contributed by atoms with Crippen molar-refractivity contribution in [2.24, 2.45) is 5.92 Å². The first-order valence-electron chi connectivity index (χ1n) is 11.0. The Bertz CT molecular complexity index is 1190. The molecule has 1 unspecified atom stereocenters. The lowest BCUT2D eigenvalue weighted by Gasteiger charge is -2.32. The summed E-state index contributed by atoms with van der Waals surface area (Å²) in [7, 11) is 0. The van der Waals surface area contributed by atoms with Gasteiger partial charge in [-0.2, -0.15) is 5.21 Å². The molecule has 1 amide bonds. The Balaban J connectivity index is 1.61. The normalized spacial score (nSPS) is 19.0. The standard InChI is InChI=1S/C26H31N5O/c1-15(12-18-8-10-19(11-9-18)23(32)27-24-28-30-31-29-24)20-14-22-21(13-16(20)2)25(4,5)17(3)26(22,6)7/h8-14,17H,1-7H3,(H2,27,28,29,30,31,32). The fourth-order valence-corrected chi connectivity index (χ4v) is 5.01. The van der Waals surface area contributed by atoms with Crippen LogP contribution in [0.3, 0.4) is 0 Å². The number of fused-ring (bicyclic) bond motifs is 1. The third-order valence-electron chi connectivity index (χ3n) is 7.47. The van der Waals surface area contributed by atoms with Crippen molar-refractivity contribution in [1.29, 1.82) is 0 Å². The van der Waals surface area contributed by atoms with Crippen LogP contribution in [0.4, 0.5) is 5.95 Å². The summed E-state index contributed by atoms with van der Waals surface area (Å²) in [6, 6.07) is 12.3. The molecular weight excluding hydrogens is 398 g/mol. The number of hydrogen-bond donors (Lipinski definition) is 2. The number of aromatic nitrogens is 4. The highest BCUT2D eigenvalue weighted by molar-refractivity contribution is 6.03. The van der Waals surface area contributed by atoms with Gasteiger partial charge in [0.25, 0.3) is 11.9 Å². The number of hydrogen-bond acceptors (Lipinski definition) is 4. The average molecular weight is 430 g/mol. The van der Waals surface area contributed by atoms with E-state index in [4.69, 9.17) is 0 Å². The molecule has 4 rings (SSSR count). The molecule has 0 fully saturated rings. The Morgan fingerprint density at radius 1 is 1.06 bits per heavy atom. The molecule has 1 aromatic heterocycles. The maximum Gasteiger partial charge on any atom is 0.270 e.